The van der Waals surface area contributed by atoms with Gasteiger partial charge in [-0.3, -0.25) is 0 Å². The first kappa shape index (κ1) is 15.1. The number of carbonyl (C=O) groups is 1. The minimum Gasteiger partial charge on any atom is -0.493 e. The number of methoxy groups -OCH3 is 1. The first-order chi connectivity index (χ1) is 8.87. The zero-order chi connectivity index (χ0) is 14.5. The van der Waals surface area contributed by atoms with Crippen molar-refractivity contribution in [2.45, 2.75) is 19.7 Å². The van der Waals surface area contributed by atoms with E-state index in [-0.39, 0.29) is 17.9 Å². The normalized spacial score (nSPS) is 11.0. The molecule has 1 aromatic carbocycles. The molecule has 0 spiro atoms. The summed E-state index contributed by atoms with van der Waals surface area (Å²) in [6, 6.07) is 3.20. The number of rotatable bonds is 5. The second kappa shape index (κ2) is 6.31. The summed E-state index contributed by atoms with van der Waals surface area (Å²) in [7, 11) is 1.17. The van der Waals surface area contributed by atoms with Crippen LogP contribution in [-0.2, 0) is 4.74 Å². The summed E-state index contributed by atoms with van der Waals surface area (Å²) in [5, 5.41) is 0. The fourth-order valence-electron chi connectivity index (χ4n) is 1.31. The second-order valence-electron chi connectivity index (χ2n) is 3.55. The van der Waals surface area contributed by atoms with Gasteiger partial charge in [0, 0.05) is 6.07 Å². The number of hydrogen-bond donors (Lipinski definition) is 0. The van der Waals surface area contributed by atoms with E-state index >= 15 is 0 Å². The van der Waals surface area contributed by atoms with E-state index in [9.17, 15) is 18.0 Å². The molecule has 0 saturated carbocycles. The van der Waals surface area contributed by atoms with Crippen LogP contribution in [0.4, 0.5) is 13.2 Å². The third-order valence-corrected chi connectivity index (χ3v) is 2.05. The zero-order valence-electron chi connectivity index (χ0n) is 10.4. The van der Waals surface area contributed by atoms with E-state index < -0.39 is 18.1 Å². The maximum atomic E-state index is 12.1. The summed E-state index contributed by atoms with van der Waals surface area (Å²) in [6.45, 7) is 2.09. The summed E-state index contributed by atoms with van der Waals surface area (Å²) < 4.78 is 49.8. The van der Waals surface area contributed by atoms with Crippen LogP contribution in [0.2, 0.25) is 0 Å². The van der Waals surface area contributed by atoms with Crippen molar-refractivity contribution in [2.75, 3.05) is 13.7 Å². The third-order valence-electron chi connectivity index (χ3n) is 2.05. The standard InChI is InChI=1S/C12H13F3O4/c1-3-6-18-10-7-8(19-12(13,14)15)4-5-9(10)11(16)17-2/h4-5,7H,3,6H2,1-2H3. The Kier molecular flexibility index (Phi) is 5.02. The highest BCUT2D eigenvalue weighted by Crippen LogP contribution is 2.29. The van der Waals surface area contributed by atoms with Crippen molar-refractivity contribution in [3.8, 4) is 11.5 Å². The van der Waals surface area contributed by atoms with Crippen LogP contribution in [0.15, 0.2) is 18.2 Å². The predicted molar refractivity (Wildman–Crippen MR) is 60.3 cm³/mol. The van der Waals surface area contributed by atoms with E-state index in [0.717, 1.165) is 18.2 Å². The predicted octanol–water partition coefficient (Wildman–Crippen LogP) is 3.16. The lowest BCUT2D eigenvalue weighted by atomic mass is 10.2. The Morgan fingerprint density at radius 1 is 1.32 bits per heavy atom. The quantitative estimate of drug-likeness (QED) is 0.776. The Morgan fingerprint density at radius 2 is 2.00 bits per heavy atom. The monoisotopic (exact) mass is 278 g/mol. The molecule has 106 valence electrons. The van der Waals surface area contributed by atoms with Gasteiger partial charge < -0.3 is 14.2 Å². The smallest absolute Gasteiger partial charge is 0.493 e. The number of ether oxygens (including phenoxy) is 3. The summed E-state index contributed by atoms with van der Waals surface area (Å²) in [5.74, 6) is -1.15. The lowest BCUT2D eigenvalue weighted by Crippen LogP contribution is -2.17. The molecule has 19 heavy (non-hydrogen) atoms. The fourth-order valence-corrected chi connectivity index (χ4v) is 1.31. The van der Waals surface area contributed by atoms with Gasteiger partial charge in [-0.2, -0.15) is 0 Å². The Bertz CT molecular complexity index is 443. The molecule has 0 heterocycles. The van der Waals surface area contributed by atoms with Crippen LogP contribution in [0.1, 0.15) is 23.7 Å². The van der Waals surface area contributed by atoms with Crippen molar-refractivity contribution in [3.63, 3.8) is 0 Å². The minimum absolute atomic E-state index is 0.00421. The van der Waals surface area contributed by atoms with Crippen molar-refractivity contribution in [2.24, 2.45) is 0 Å². The molecular formula is C12H13F3O4. The van der Waals surface area contributed by atoms with Crippen molar-refractivity contribution in [1.29, 1.82) is 0 Å². The molecule has 4 nitrogen and oxygen atoms in total. The molecule has 1 aromatic rings. The second-order valence-corrected chi connectivity index (χ2v) is 3.55. The Labute approximate surface area is 108 Å². The highest BCUT2D eigenvalue weighted by molar-refractivity contribution is 5.92. The first-order valence-electron chi connectivity index (χ1n) is 5.48. The Balaban J connectivity index is 3.04. The van der Waals surface area contributed by atoms with Crippen LogP contribution in [0.5, 0.6) is 11.5 Å². The molecule has 0 aliphatic heterocycles. The molecule has 0 radical (unpaired) electrons. The van der Waals surface area contributed by atoms with E-state index in [1.165, 1.54) is 7.11 Å². The maximum Gasteiger partial charge on any atom is 0.573 e. The lowest BCUT2D eigenvalue weighted by molar-refractivity contribution is -0.274. The van der Waals surface area contributed by atoms with Gasteiger partial charge in [0.15, 0.2) is 0 Å². The largest absolute Gasteiger partial charge is 0.573 e. The van der Waals surface area contributed by atoms with Crippen LogP contribution in [0.25, 0.3) is 0 Å². The zero-order valence-corrected chi connectivity index (χ0v) is 10.4. The number of alkyl halides is 3. The first-order valence-corrected chi connectivity index (χ1v) is 5.48. The summed E-state index contributed by atoms with van der Waals surface area (Å²) in [6.07, 6.45) is -4.15. The topological polar surface area (TPSA) is 44.8 Å². The molecule has 0 atom stereocenters. The van der Waals surface area contributed by atoms with E-state index in [4.69, 9.17) is 4.74 Å². The van der Waals surface area contributed by atoms with Crippen molar-refractivity contribution < 1.29 is 32.2 Å². The maximum absolute atomic E-state index is 12.1. The molecule has 0 N–H and O–H groups in total. The Morgan fingerprint density at radius 3 is 2.53 bits per heavy atom. The molecule has 0 aromatic heterocycles. The van der Waals surface area contributed by atoms with Gasteiger partial charge >= 0.3 is 12.3 Å². The van der Waals surface area contributed by atoms with Gasteiger partial charge in [-0.05, 0) is 18.6 Å². The summed E-state index contributed by atoms with van der Waals surface area (Å²) in [4.78, 5) is 11.4. The van der Waals surface area contributed by atoms with E-state index in [1.807, 2.05) is 6.92 Å². The number of benzene rings is 1. The highest BCUT2D eigenvalue weighted by atomic mass is 19.4. The molecule has 0 bridgehead atoms. The Hall–Kier alpha value is -1.92. The average Bonchev–Trinajstić information content (AvgIpc) is 2.33. The van der Waals surface area contributed by atoms with Crippen LogP contribution in [0, 0.1) is 0 Å². The lowest BCUT2D eigenvalue weighted by Gasteiger charge is -2.13. The van der Waals surface area contributed by atoms with Gasteiger partial charge in [0.05, 0.1) is 13.7 Å². The third kappa shape index (κ3) is 4.69. The van der Waals surface area contributed by atoms with Crippen LogP contribution in [-0.4, -0.2) is 26.0 Å². The van der Waals surface area contributed by atoms with Crippen LogP contribution >= 0.6 is 0 Å². The summed E-state index contributed by atoms with van der Waals surface area (Å²) in [5.41, 5.74) is 0.0467. The number of halogens is 3. The van der Waals surface area contributed by atoms with E-state index in [1.54, 1.807) is 0 Å². The molecule has 0 unspecified atom stereocenters. The average molecular weight is 278 g/mol. The number of carbonyl (C=O) groups excluding carboxylic acids is 1. The van der Waals surface area contributed by atoms with E-state index in [2.05, 4.69) is 9.47 Å². The van der Waals surface area contributed by atoms with Crippen molar-refractivity contribution in [1.82, 2.24) is 0 Å². The van der Waals surface area contributed by atoms with Crippen LogP contribution in [0.3, 0.4) is 0 Å². The fraction of sp³-hybridized carbons (Fsp3) is 0.417. The molecule has 0 aliphatic rings. The van der Waals surface area contributed by atoms with Crippen molar-refractivity contribution in [3.05, 3.63) is 23.8 Å². The summed E-state index contributed by atoms with van der Waals surface area (Å²) >= 11 is 0. The SMILES string of the molecule is CCCOc1cc(OC(F)(F)F)ccc1C(=O)OC. The number of hydrogen-bond acceptors (Lipinski definition) is 4. The van der Waals surface area contributed by atoms with Gasteiger partial charge in [0.1, 0.15) is 17.1 Å². The van der Waals surface area contributed by atoms with Crippen LogP contribution < -0.4 is 9.47 Å². The molecule has 7 heteroatoms. The van der Waals surface area contributed by atoms with Gasteiger partial charge in [0.25, 0.3) is 0 Å². The molecule has 0 saturated heterocycles. The number of esters is 1. The van der Waals surface area contributed by atoms with Crippen molar-refractivity contribution >= 4 is 5.97 Å². The minimum atomic E-state index is -4.80. The van der Waals surface area contributed by atoms with Gasteiger partial charge in [0.2, 0.25) is 0 Å². The van der Waals surface area contributed by atoms with Gasteiger partial charge in [-0.1, -0.05) is 6.92 Å². The van der Waals surface area contributed by atoms with Gasteiger partial charge in [-0.25, -0.2) is 4.79 Å². The molecule has 0 amide bonds. The van der Waals surface area contributed by atoms with E-state index in [0.29, 0.717) is 6.42 Å². The molecule has 0 fully saturated rings. The highest BCUT2D eigenvalue weighted by Gasteiger charge is 2.31. The molecule has 1 rings (SSSR count). The molecule has 0 aliphatic carbocycles. The molecular weight excluding hydrogens is 265 g/mol. The van der Waals surface area contributed by atoms with Gasteiger partial charge in [-0.15, -0.1) is 13.2 Å².